The summed E-state index contributed by atoms with van der Waals surface area (Å²) >= 11 is 0. The molecule has 6 heteroatoms. The minimum atomic E-state index is -0.0337. The molecule has 7 aromatic carbocycles. The zero-order valence-corrected chi connectivity index (χ0v) is 37.3. The van der Waals surface area contributed by atoms with Crippen molar-refractivity contribution in [2.75, 3.05) is 14.7 Å². The normalized spacial score (nSPS) is 13.0. The molecular weight excluding hydrogens is 851 g/mol. The second-order valence-corrected chi connectivity index (χ2v) is 17.8. The smallest absolute Gasteiger partial charge is 0.135 e. The van der Waals surface area contributed by atoms with E-state index in [1.54, 1.807) is 0 Å². The van der Waals surface area contributed by atoms with Gasteiger partial charge in [0.15, 0.2) is 0 Å². The molecule has 0 saturated carbocycles. The molecule has 2 aliphatic heterocycles. The monoisotopic (exact) mass is 897 g/mol. The fraction of sp³-hybridized carbons (Fsp3) is 0.143. The molecule has 0 amide bonds. The van der Waals surface area contributed by atoms with Gasteiger partial charge in [0, 0.05) is 60.7 Å². The van der Waals surface area contributed by atoms with Crippen molar-refractivity contribution in [3.63, 3.8) is 0 Å². The van der Waals surface area contributed by atoms with E-state index in [1.807, 2.05) is 36.5 Å². The van der Waals surface area contributed by atoms with Crippen LogP contribution in [0.5, 0.6) is 11.5 Å². The van der Waals surface area contributed by atoms with Crippen LogP contribution in [0, 0.1) is 18.8 Å². The first kappa shape index (κ1) is 40.9. The second-order valence-electron chi connectivity index (χ2n) is 17.8. The van der Waals surface area contributed by atoms with Gasteiger partial charge in [-0.2, -0.15) is 12.1 Å². The van der Waals surface area contributed by atoms with Crippen LogP contribution in [-0.2, 0) is 31.3 Å². The van der Waals surface area contributed by atoms with E-state index in [4.69, 9.17) is 9.72 Å². The Morgan fingerprint density at radius 1 is 0.500 bits per heavy atom. The molecule has 0 fully saturated rings. The summed E-state index contributed by atoms with van der Waals surface area (Å²) in [7, 11) is 0. The molecule has 10 rings (SSSR count). The van der Waals surface area contributed by atoms with E-state index in [-0.39, 0.29) is 31.3 Å². The first-order valence-corrected chi connectivity index (χ1v) is 21.0. The maximum atomic E-state index is 6.73. The summed E-state index contributed by atoms with van der Waals surface area (Å²) in [6.45, 7) is 15.7. The van der Waals surface area contributed by atoms with Crippen LogP contribution < -0.4 is 19.4 Å². The second kappa shape index (κ2) is 16.1. The van der Waals surface area contributed by atoms with Gasteiger partial charge in [-0.25, -0.2) is 4.98 Å². The van der Waals surface area contributed by atoms with Crippen LogP contribution in [0.15, 0.2) is 170 Å². The first-order valence-electron chi connectivity index (χ1n) is 21.0. The van der Waals surface area contributed by atoms with Gasteiger partial charge in [0.2, 0.25) is 0 Å². The van der Waals surface area contributed by atoms with Crippen LogP contribution in [0.2, 0.25) is 0 Å². The summed E-state index contributed by atoms with van der Waals surface area (Å²) in [5.41, 5.74) is 15.4. The molecule has 1 aromatic heterocycles. The van der Waals surface area contributed by atoms with Gasteiger partial charge in [0.05, 0.1) is 5.69 Å². The minimum absolute atomic E-state index is 0. The molecule has 0 saturated heterocycles. The Hall–Kier alpha value is -6.45. The number of ether oxygens (including phenoxy) is 1. The Morgan fingerprint density at radius 3 is 1.84 bits per heavy atom. The summed E-state index contributed by atoms with van der Waals surface area (Å²) in [4.78, 5) is 11.6. The summed E-state index contributed by atoms with van der Waals surface area (Å²) in [5.74, 6) is 1.96. The Balaban J connectivity index is 0.00000490. The molecule has 0 N–H and O–H groups in total. The van der Waals surface area contributed by atoms with Crippen LogP contribution in [0.4, 0.5) is 39.9 Å². The number of nitrogens with zero attached hydrogens (tertiary/aromatic N) is 4. The van der Waals surface area contributed by atoms with Gasteiger partial charge in [-0.3, -0.25) is 0 Å². The Bertz CT molecular complexity index is 2910. The summed E-state index contributed by atoms with van der Waals surface area (Å²) < 4.78 is 6.73. The Kier molecular flexibility index (Phi) is 10.6. The van der Waals surface area contributed by atoms with Gasteiger partial charge in [-0.1, -0.05) is 150 Å². The molecule has 310 valence electrons. The predicted molar refractivity (Wildman–Crippen MR) is 252 cm³/mol. The number of hydrogen-bond donors (Lipinski definition) is 0. The number of fused-ring (bicyclic) bond motifs is 6. The molecule has 0 bridgehead atoms. The van der Waals surface area contributed by atoms with Crippen molar-refractivity contribution in [3.8, 4) is 44.9 Å². The number of pyridine rings is 1. The van der Waals surface area contributed by atoms with E-state index in [0.29, 0.717) is 11.5 Å². The number of para-hydroxylation sites is 3. The standard InChI is InChI=1S/C56H47N4O.Pd/c1-55(2,3)40-28-25-38(26-29-40)39-27-31-46-44-18-7-8-19-45(44)47-32-30-43(36-53(47)60(52(46)34-39)54-24-13-14-33-57-54)61-42-17-15-16-41(35-42)58-37-59(51-23-12-11-22-50(51)58)49-21-10-9-20-48(49)56(4,5)6;/h7-34,37H,1-6H3;/q-3;. The third-order valence-corrected chi connectivity index (χ3v) is 11.7. The average molecular weight is 898 g/mol. The molecule has 0 spiro atoms. The van der Waals surface area contributed by atoms with Gasteiger partial charge >= 0.3 is 0 Å². The van der Waals surface area contributed by atoms with Crippen molar-refractivity contribution >= 4 is 39.9 Å². The van der Waals surface area contributed by atoms with Crippen molar-refractivity contribution in [2.24, 2.45) is 0 Å². The predicted octanol–water partition coefficient (Wildman–Crippen LogP) is 15.3. The van der Waals surface area contributed by atoms with Gasteiger partial charge in [-0.15, -0.1) is 48.3 Å². The summed E-state index contributed by atoms with van der Waals surface area (Å²) in [5, 5.41) is 0. The molecular formula is C56H47N4OPd-3. The van der Waals surface area contributed by atoms with E-state index in [1.165, 1.54) is 11.1 Å². The third-order valence-electron chi connectivity index (χ3n) is 11.7. The topological polar surface area (TPSA) is 31.8 Å². The quantitative estimate of drug-likeness (QED) is 0.123. The van der Waals surface area contributed by atoms with Gasteiger partial charge in [0.25, 0.3) is 0 Å². The SMILES string of the molecule is CC(C)(C)c1ccc(-c2ccc3c(c2)N(c2ccccn2)c2[c-]c(Oc4[c-]c(N5[CH-]N(c6ccccc6C(C)(C)C)c6ccccc65)ccc4)ccc2-c2ccccc2-3)cc1.[Pd]. The first-order chi connectivity index (χ1) is 29.5. The van der Waals surface area contributed by atoms with E-state index in [2.05, 4.69) is 209 Å². The molecule has 0 atom stereocenters. The molecule has 0 unspecified atom stereocenters. The molecule has 0 radical (unpaired) electrons. The van der Waals surface area contributed by atoms with Crippen LogP contribution in [0.1, 0.15) is 52.7 Å². The molecule has 8 aromatic rings. The van der Waals surface area contributed by atoms with Gasteiger partial charge in [-0.05, 0) is 75.0 Å². The average Bonchev–Trinajstić information content (AvgIpc) is 3.61. The van der Waals surface area contributed by atoms with Crippen molar-refractivity contribution < 1.29 is 25.2 Å². The zero-order chi connectivity index (χ0) is 41.9. The van der Waals surface area contributed by atoms with Crippen LogP contribution >= 0.6 is 0 Å². The van der Waals surface area contributed by atoms with Crippen molar-refractivity contribution in [3.05, 3.63) is 200 Å². The zero-order valence-electron chi connectivity index (χ0n) is 35.8. The number of hydrogen-bond acceptors (Lipinski definition) is 5. The minimum Gasteiger partial charge on any atom is -0.509 e. The Labute approximate surface area is 379 Å². The van der Waals surface area contributed by atoms with Gasteiger partial charge < -0.3 is 19.4 Å². The third kappa shape index (κ3) is 7.49. The van der Waals surface area contributed by atoms with Crippen molar-refractivity contribution in [1.82, 2.24) is 4.98 Å². The number of benzene rings is 7. The van der Waals surface area contributed by atoms with E-state index in [9.17, 15) is 0 Å². The molecule has 3 heterocycles. The number of rotatable bonds is 6. The van der Waals surface area contributed by atoms with E-state index in [0.717, 1.165) is 73.3 Å². The van der Waals surface area contributed by atoms with Crippen LogP contribution in [0.25, 0.3) is 33.4 Å². The van der Waals surface area contributed by atoms with Crippen molar-refractivity contribution in [1.29, 1.82) is 0 Å². The van der Waals surface area contributed by atoms with Crippen molar-refractivity contribution in [2.45, 2.75) is 52.4 Å². The number of anilines is 7. The summed E-state index contributed by atoms with van der Waals surface area (Å²) in [6, 6.07) is 65.1. The van der Waals surface area contributed by atoms with E-state index < -0.39 is 0 Å². The largest absolute Gasteiger partial charge is 0.509 e. The summed E-state index contributed by atoms with van der Waals surface area (Å²) in [6.07, 6.45) is 1.85. The van der Waals surface area contributed by atoms with Crippen LogP contribution in [-0.4, -0.2) is 4.98 Å². The molecule has 2 aliphatic rings. The number of aromatic nitrogens is 1. The van der Waals surface area contributed by atoms with E-state index >= 15 is 0 Å². The maximum absolute atomic E-state index is 6.73. The fourth-order valence-corrected chi connectivity index (χ4v) is 8.57. The molecule has 62 heavy (non-hydrogen) atoms. The Morgan fingerprint density at radius 2 is 1.13 bits per heavy atom. The van der Waals surface area contributed by atoms with Gasteiger partial charge in [0.1, 0.15) is 5.82 Å². The molecule has 5 nitrogen and oxygen atoms in total. The van der Waals surface area contributed by atoms with Crippen LogP contribution in [0.3, 0.4) is 0 Å². The fourth-order valence-electron chi connectivity index (χ4n) is 8.57. The maximum Gasteiger partial charge on any atom is 0.135 e. The molecule has 0 aliphatic carbocycles.